The predicted octanol–water partition coefficient (Wildman–Crippen LogP) is 9.13. The van der Waals surface area contributed by atoms with Gasteiger partial charge in [-0.15, -0.1) is 20.5 Å². The van der Waals surface area contributed by atoms with Crippen LogP contribution < -0.4 is 9.92 Å². The van der Waals surface area contributed by atoms with Gasteiger partial charge in [-0.1, -0.05) is 54.1 Å². The summed E-state index contributed by atoms with van der Waals surface area (Å²) in [6.07, 6.45) is 0. The third-order valence-electron chi connectivity index (χ3n) is 8.42. The number of azo groups is 2. The van der Waals surface area contributed by atoms with Gasteiger partial charge in [0.05, 0.1) is 37.9 Å². The van der Waals surface area contributed by atoms with Crippen molar-refractivity contribution >= 4 is 91.1 Å². The monoisotopic (exact) mass is 781 g/mol. The summed E-state index contributed by atoms with van der Waals surface area (Å²) in [5, 5.41) is 19.9. The molecule has 0 saturated heterocycles. The van der Waals surface area contributed by atoms with E-state index in [1.807, 2.05) is 6.92 Å². The summed E-state index contributed by atoms with van der Waals surface area (Å²) < 4.78 is 99.0. The molecule has 0 heterocycles. The van der Waals surface area contributed by atoms with E-state index in [9.17, 15) is 34.4 Å². The smallest absolute Gasteiger partial charge is 0.339 e. The third kappa shape index (κ3) is 7.26. The normalized spacial score (nSPS) is 12.7. The van der Waals surface area contributed by atoms with Crippen molar-refractivity contribution in [2.24, 2.45) is 20.5 Å². The molecule has 0 spiro atoms. The molecule has 17 heteroatoms. The molecule has 0 aromatic heterocycles. The summed E-state index contributed by atoms with van der Waals surface area (Å²) in [6.45, 7) is 1.84. The van der Waals surface area contributed by atoms with E-state index in [-0.39, 0.29) is 49.4 Å². The average Bonchev–Trinajstić information content (AvgIpc) is 3.13. The Kier molecular flexibility index (Phi) is 9.20. The molecule has 0 fully saturated rings. The molecule has 0 saturated carbocycles. The van der Waals surface area contributed by atoms with Crippen LogP contribution in [0.1, 0.15) is 5.56 Å². The van der Waals surface area contributed by atoms with E-state index in [0.29, 0.717) is 26.9 Å². The Hall–Kier alpha value is -6.11. The van der Waals surface area contributed by atoms with Crippen molar-refractivity contribution in [3.8, 4) is 5.75 Å². The topological polar surface area (TPSA) is 228 Å². The Morgan fingerprint density at radius 3 is 1.59 bits per heavy atom. The minimum absolute atomic E-state index is 0.0203. The van der Waals surface area contributed by atoms with Crippen LogP contribution in [0.4, 0.5) is 28.4 Å². The lowest BCUT2D eigenvalue weighted by Gasteiger charge is -2.11. The zero-order chi connectivity index (χ0) is 38.4. The number of hydrogen-bond donors (Lipinski definition) is 3. The Morgan fingerprint density at radius 2 is 1.00 bits per heavy atom. The first kappa shape index (κ1) is 36.3. The van der Waals surface area contributed by atoms with Gasteiger partial charge in [0.15, 0.2) is 5.75 Å². The number of rotatable bonds is 9. The van der Waals surface area contributed by atoms with Crippen LogP contribution >= 0.6 is 0 Å². The van der Waals surface area contributed by atoms with Crippen molar-refractivity contribution in [1.29, 1.82) is 0 Å². The molecule has 7 rings (SSSR count). The SMILES string of the molecule is Cc1ccc(S(=O)(=O)Oc2cccc3cccc(N=Nc4ccc(N=Nc5ccc(N)c6cc(S(=O)(=O)O)ccc56)c5cc(S(=O)(=O)O)ccc45)c23)cc1. The third-order valence-corrected chi connectivity index (χ3v) is 11.4. The zero-order valence-corrected chi connectivity index (χ0v) is 30.3. The zero-order valence-electron chi connectivity index (χ0n) is 27.9. The second kappa shape index (κ2) is 13.7. The van der Waals surface area contributed by atoms with E-state index in [1.54, 1.807) is 54.6 Å². The van der Waals surface area contributed by atoms with E-state index in [4.69, 9.17) is 9.92 Å². The summed E-state index contributed by atoms with van der Waals surface area (Å²) in [5.41, 5.74) is 8.19. The van der Waals surface area contributed by atoms with Crippen LogP contribution in [0.25, 0.3) is 32.3 Å². The number of nitrogens with two attached hydrogens (primary N) is 1. The predicted molar refractivity (Wildman–Crippen MR) is 203 cm³/mol. The number of nitrogens with zero attached hydrogens (tertiary/aromatic N) is 4. The Balaban J connectivity index is 1.31. The first-order chi connectivity index (χ1) is 25.6. The highest BCUT2D eigenvalue weighted by atomic mass is 32.2. The fourth-order valence-corrected chi connectivity index (χ4v) is 7.69. The molecule has 0 bridgehead atoms. The molecule has 4 N–H and O–H groups in total. The van der Waals surface area contributed by atoms with Gasteiger partial charge in [-0.25, -0.2) is 0 Å². The molecule has 0 unspecified atom stereocenters. The highest BCUT2D eigenvalue weighted by Gasteiger charge is 2.20. The second-order valence-electron chi connectivity index (χ2n) is 12.0. The highest BCUT2D eigenvalue weighted by molar-refractivity contribution is 7.87. The molecule has 0 aliphatic rings. The molecule has 7 aromatic carbocycles. The van der Waals surface area contributed by atoms with Gasteiger partial charge in [0.1, 0.15) is 4.90 Å². The van der Waals surface area contributed by atoms with Gasteiger partial charge in [0.2, 0.25) is 0 Å². The van der Waals surface area contributed by atoms with Crippen LogP contribution in [0, 0.1) is 6.92 Å². The van der Waals surface area contributed by atoms with E-state index in [1.165, 1.54) is 66.7 Å². The number of nitrogen functional groups attached to an aromatic ring is 1. The van der Waals surface area contributed by atoms with Crippen LogP contribution in [-0.4, -0.2) is 34.4 Å². The van der Waals surface area contributed by atoms with Crippen LogP contribution in [0.2, 0.25) is 0 Å². The van der Waals surface area contributed by atoms with Gasteiger partial charge in [0, 0.05) is 27.2 Å². The van der Waals surface area contributed by atoms with Gasteiger partial charge in [-0.2, -0.15) is 25.3 Å². The van der Waals surface area contributed by atoms with Gasteiger partial charge >= 0.3 is 10.1 Å². The summed E-state index contributed by atoms with van der Waals surface area (Å²) in [4.78, 5) is -0.793. The largest absolute Gasteiger partial charge is 0.398 e. The molecule has 7 aromatic rings. The molecule has 54 heavy (non-hydrogen) atoms. The maximum Gasteiger partial charge on any atom is 0.339 e. The lowest BCUT2D eigenvalue weighted by atomic mass is 10.1. The van der Waals surface area contributed by atoms with Gasteiger partial charge in [0.25, 0.3) is 20.2 Å². The fraction of sp³-hybridized carbons (Fsp3) is 0.0270. The van der Waals surface area contributed by atoms with Gasteiger partial charge in [-0.05, 0) is 85.1 Å². The summed E-state index contributed by atoms with van der Waals surface area (Å²) >= 11 is 0. The molecule has 0 atom stereocenters. The molecular formula is C37H27N5O9S3. The molecule has 14 nitrogen and oxygen atoms in total. The number of benzene rings is 7. The van der Waals surface area contributed by atoms with Crippen molar-refractivity contribution in [3.05, 3.63) is 127 Å². The van der Waals surface area contributed by atoms with Crippen molar-refractivity contribution in [3.63, 3.8) is 0 Å². The first-order valence-electron chi connectivity index (χ1n) is 15.8. The number of aryl methyl sites for hydroxylation is 1. The van der Waals surface area contributed by atoms with Crippen LogP contribution in [0.3, 0.4) is 0 Å². The Morgan fingerprint density at radius 1 is 0.519 bits per heavy atom. The fourth-order valence-electron chi connectivity index (χ4n) is 5.74. The highest BCUT2D eigenvalue weighted by Crippen LogP contribution is 2.40. The van der Waals surface area contributed by atoms with E-state index < -0.39 is 35.2 Å². The second-order valence-corrected chi connectivity index (χ2v) is 16.4. The summed E-state index contributed by atoms with van der Waals surface area (Å²) in [5.74, 6) is 0.0328. The average molecular weight is 782 g/mol. The standard InChI is InChI=1S/C37H27N5O9S3/c1-22-8-10-24(11-9-22)54(49,50)51-36-7-3-5-23-4-2-6-35(37(23)36)42-40-33-18-19-34(30-21-26(53(46,47)48)13-15-28(30)33)41-39-32-17-16-31(38)29-20-25(52(43,44)45)12-14-27(29)32/h2-21H,38H2,1H3,(H,43,44,45)(H,46,47,48). The van der Waals surface area contributed by atoms with Crippen LogP contribution in [0.5, 0.6) is 5.75 Å². The lowest BCUT2D eigenvalue weighted by molar-refractivity contribution is 0.481. The summed E-state index contributed by atoms with van der Waals surface area (Å²) in [7, 11) is -13.3. The minimum atomic E-state index is -4.64. The molecule has 0 amide bonds. The quantitative estimate of drug-likeness (QED) is 0.0544. The number of hydrogen-bond acceptors (Lipinski definition) is 12. The van der Waals surface area contributed by atoms with Crippen molar-refractivity contribution in [2.75, 3.05) is 5.73 Å². The first-order valence-corrected chi connectivity index (χ1v) is 20.1. The number of fused-ring (bicyclic) bond motifs is 3. The lowest BCUT2D eigenvalue weighted by Crippen LogP contribution is -2.10. The van der Waals surface area contributed by atoms with Gasteiger partial charge in [-0.3, -0.25) is 9.11 Å². The van der Waals surface area contributed by atoms with E-state index in [0.717, 1.165) is 5.56 Å². The van der Waals surface area contributed by atoms with E-state index >= 15 is 0 Å². The molecular weight excluding hydrogens is 755 g/mol. The molecule has 272 valence electrons. The summed E-state index contributed by atoms with van der Waals surface area (Å²) in [6, 6.07) is 30.1. The molecule has 0 aliphatic heterocycles. The Labute approximate surface area is 308 Å². The van der Waals surface area contributed by atoms with E-state index in [2.05, 4.69) is 20.5 Å². The van der Waals surface area contributed by atoms with Crippen molar-refractivity contribution in [2.45, 2.75) is 21.6 Å². The van der Waals surface area contributed by atoms with Gasteiger partial charge < -0.3 is 9.92 Å². The Bertz CT molecular complexity index is 3060. The maximum atomic E-state index is 13.2. The number of anilines is 1. The molecule has 0 aliphatic carbocycles. The van der Waals surface area contributed by atoms with Crippen molar-refractivity contribution in [1.82, 2.24) is 0 Å². The minimum Gasteiger partial charge on any atom is -0.398 e. The van der Waals surface area contributed by atoms with Crippen LogP contribution in [0.15, 0.2) is 156 Å². The molecule has 0 radical (unpaired) electrons. The maximum absolute atomic E-state index is 13.2. The van der Waals surface area contributed by atoms with Crippen molar-refractivity contribution < 1.29 is 38.5 Å². The van der Waals surface area contributed by atoms with Crippen LogP contribution in [-0.2, 0) is 30.4 Å².